The Morgan fingerprint density at radius 1 is 1.33 bits per heavy atom. The van der Waals surface area contributed by atoms with E-state index in [9.17, 15) is 0 Å². The molecule has 1 aromatic rings. The molecule has 0 fully saturated rings. The summed E-state index contributed by atoms with van der Waals surface area (Å²) in [5.74, 6) is 0.854. The number of ether oxygens (including phenoxy) is 1. The van der Waals surface area contributed by atoms with Crippen molar-refractivity contribution in [2.75, 3.05) is 44.4 Å². The van der Waals surface area contributed by atoms with E-state index in [2.05, 4.69) is 24.2 Å². The number of hydrogen-bond donors (Lipinski definition) is 2. The van der Waals surface area contributed by atoms with Crippen LogP contribution in [0.2, 0.25) is 0 Å². The monoisotopic (exact) mass is 251 g/mol. The van der Waals surface area contributed by atoms with E-state index in [-0.39, 0.29) is 0 Å². The van der Waals surface area contributed by atoms with Crippen molar-refractivity contribution in [3.8, 4) is 5.75 Å². The van der Waals surface area contributed by atoms with Gasteiger partial charge in [-0.2, -0.15) is 0 Å². The molecule has 0 aliphatic heterocycles. The Balaban J connectivity index is 2.65. The Labute approximate surface area is 110 Å². The molecule has 0 radical (unpaired) electrons. The van der Waals surface area contributed by atoms with Gasteiger partial charge < -0.3 is 20.7 Å². The molecular weight excluding hydrogens is 226 g/mol. The summed E-state index contributed by atoms with van der Waals surface area (Å²) in [6, 6.07) is 5.91. The van der Waals surface area contributed by atoms with Crippen LogP contribution in [0.5, 0.6) is 5.75 Å². The number of anilines is 2. The zero-order valence-corrected chi connectivity index (χ0v) is 11.7. The van der Waals surface area contributed by atoms with Gasteiger partial charge in [-0.15, -0.1) is 0 Å². The van der Waals surface area contributed by atoms with Crippen LogP contribution in [0.25, 0.3) is 0 Å². The SMILES string of the molecule is CCCOc1cc(N)cc(N(C)CCCNC)c1. The van der Waals surface area contributed by atoms with Gasteiger partial charge in [-0.25, -0.2) is 0 Å². The Morgan fingerprint density at radius 3 is 2.78 bits per heavy atom. The van der Waals surface area contributed by atoms with Crippen molar-refractivity contribution in [2.24, 2.45) is 0 Å². The highest BCUT2D eigenvalue weighted by Crippen LogP contribution is 2.25. The van der Waals surface area contributed by atoms with Gasteiger partial charge >= 0.3 is 0 Å². The molecule has 0 spiro atoms. The van der Waals surface area contributed by atoms with Crippen molar-refractivity contribution in [3.05, 3.63) is 18.2 Å². The number of nitrogens with zero attached hydrogens (tertiary/aromatic N) is 1. The minimum absolute atomic E-state index is 0.729. The Kier molecular flexibility index (Phi) is 6.36. The fraction of sp³-hybridized carbons (Fsp3) is 0.571. The Hall–Kier alpha value is -1.42. The standard InChI is InChI=1S/C14H25N3O/c1-4-8-18-14-10-12(15)9-13(11-14)17(3)7-5-6-16-2/h9-11,16H,4-8,15H2,1-3H3. The zero-order chi connectivity index (χ0) is 13.4. The molecular formula is C14H25N3O. The molecule has 4 heteroatoms. The predicted molar refractivity (Wildman–Crippen MR) is 78.5 cm³/mol. The summed E-state index contributed by atoms with van der Waals surface area (Å²) in [5.41, 5.74) is 7.76. The van der Waals surface area contributed by atoms with Crippen molar-refractivity contribution in [1.29, 1.82) is 0 Å². The topological polar surface area (TPSA) is 50.5 Å². The van der Waals surface area contributed by atoms with Gasteiger partial charge in [-0.3, -0.25) is 0 Å². The zero-order valence-electron chi connectivity index (χ0n) is 11.7. The normalized spacial score (nSPS) is 10.4. The molecule has 3 N–H and O–H groups in total. The molecule has 0 unspecified atom stereocenters. The fourth-order valence-corrected chi connectivity index (χ4v) is 1.75. The van der Waals surface area contributed by atoms with E-state index >= 15 is 0 Å². The maximum atomic E-state index is 5.90. The van der Waals surface area contributed by atoms with Crippen LogP contribution in [0.1, 0.15) is 19.8 Å². The molecule has 0 saturated carbocycles. The van der Waals surface area contributed by atoms with Crippen molar-refractivity contribution < 1.29 is 4.74 Å². The third-order valence-electron chi connectivity index (χ3n) is 2.75. The van der Waals surface area contributed by atoms with E-state index in [1.807, 2.05) is 25.2 Å². The van der Waals surface area contributed by atoms with E-state index in [0.29, 0.717) is 0 Å². The number of nitrogens with two attached hydrogens (primary N) is 1. The molecule has 18 heavy (non-hydrogen) atoms. The molecule has 102 valence electrons. The second kappa shape index (κ2) is 7.82. The minimum atomic E-state index is 0.729. The van der Waals surface area contributed by atoms with Gasteiger partial charge in [-0.1, -0.05) is 6.92 Å². The number of nitrogen functional groups attached to an aromatic ring is 1. The quantitative estimate of drug-likeness (QED) is 0.549. The van der Waals surface area contributed by atoms with Crippen LogP contribution in [0.4, 0.5) is 11.4 Å². The van der Waals surface area contributed by atoms with Crippen LogP contribution < -0.4 is 20.7 Å². The first-order valence-corrected chi connectivity index (χ1v) is 6.56. The van der Waals surface area contributed by atoms with Gasteiger partial charge in [-0.05, 0) is 32.5 Å². The highest BCUT2D eigenvalue weighted by atomic mass is 16.5. The summed E-state index contributed by atoms with van der Waals surface area (Å²) >= 11 is 0. The lowest BCUT2D eigenvalue weighted by atomic mass is 10.2. The molecule has 0 atom stereocenters. The molecule has 0 aromatic heterocycles. The van der Waals surface area contributed by atoms with Gasteiger partial charge in [0.05, 0.1) is 6.61 Å². The third kappa shape index (κ3) is 4.84. The van der Waals surface area contributed by atoms with Gasteiger partial charge in [0, 0.05) is 37.1 Å². The highest BCUT2D eigenvalue weighted by Gasteiger charge is 2.04. The fourth-order valence-electron chi connectivity index (χ4n) is 1.75. The highest BCUT2D eigenvalue weighted by molar-refractivity contribution is 5.60. The smallest absolute Gasteiger partial charge is 0.123 e. The lowest BCUT2D eigenvalue weighted by molar-refractivity contribution is 0.317. The van der Waals surface area contributed by atoms with Crippen LogP contribution in [-0.2, 0) is 0 Å². The Bertz CT molecular complexity index is 355. The van der Waals surface area contributed by atoms with E-state index in [0.717, 1.165) is 49.7 Å². The average molecular weight is 251 g/mol. The van der Waals surface area contributed by atoms with Gasteiger partial charge in [0.25, 0.3) is 0 Å². The molecule has 0 amide bonds. The number of nitrogens with one attached hydrogen (secondary N) is 1. The van der Waals surface area contributed by atoms with Crippen molar-refractivity contribution in [1.82, 2.24) is 5.32 Å². The van der Waals surface area contributed by atoms with Crippen LogP contribution in [0, 0.1) is 0 Å². The number of hydrogen-bond acceptors (Lipinski definition) is 4. The summed E-state index contributed by atoms with van der Waals surface area (Å²) < 4.78 is 5.63. The molecule has 0 aliphatic carbocycles. The summed E-state index contributed by atoms with van der Waals surface area (Å²) in [7, 11) is 4.05. The first kappa shape index (κ1) is 14.6. The third-order valence-corrected chi connectivity index (χ3v) is 2.75. The molecule has 4 nitrogen and oxygen atoms in total. The maximum Gasteiger partial charge on any atom is 0.123 e. The van der Waals surface area contributed by atoms with E-state index in [1.165, 1.54) is 0 Å². The van der Waals surface area contributed by atoms with Gasteiger partial charge in [0.2, 0.25) is 0 Å². The van der Waals surface area contributed by atoms with Crippen molar-refractivity contribution >= 4 is 11.4 Å². The molecule has 0 saturated heterocycles. The van der Waals surface area contributed by atoms with Crippen LogP contribution in [0.15, 0.2) is 18.2 Å². The largest absolute Gasteiger partial charge is 0.493 e. The maximum absolute atomic E-state index is 5.90. The molecule has 1 aromatic carbocycles. The van der Waals surface area contributed by atoms with E-state index < -0.39 is 0 Å². The van der Waals surface area contributed by atoms with Gasteiger partial charge in [0.15, 0.2) is 0 Å². The van der Waals surface area contributed by atoms with Gasteiger partial charge in [0.1, 0.15) is 5.75 Å². The summed E-state index contributed by atoms with van der Waals surface area (Å²) in [5, 5.41) is 3.15. The summed E-state index contributed by atoms with van der Waals surface area (Å²) in [4.78, 5) is 2.20. The number of benzene rings is 1. The van der Waals surface area contributed by atoms with Crippen LogP contribution >= 0.6 is 0 Å². The number of rotatable bonds is 8. The van der Waals surface area contributed by atoms with Crippen molar-refractivity contribution in [3.63, 3.8) is 0 Å². The average Bonchev–Trinajstić information content (AvgIpc) is 2.36. The van der Waals surface area contributed by atoms with Crippen molar-refractivity contribution in [2.45, 2.75) is 19.8 Å². The lowest BCUT2D eigenvalue weighted by Crippen LogP contribution is -2.22. The molecule has 0 heterocycles. The summed E-state index contributed by atoms with van der Waals surface area (Å²) in [6.45, 7) is 4.84. The van der Waals surface area contributed by atoms with Crippen LogP contribution in [0.3, 0.4) is 0 Å². The minimum Gasteiger partial charge on any atom is -0.493 e. The second-order valence-electron chi connectivity index (χ2n) is 4.49. The summed E-state index contributed by atoms with van der Waals surface area (Å²) in [6.07, 6.45) is 2.11. The first-order valence-electron chi connectivity index (χ1n) is 6.56. The lowest BCUT2D eigenvalue weighted by Gasteiger charge is -2.20. The molecule has 0 aliphatic rings. The second-order valence-corrected chi connectivity index (χ2v) is 4.49. The molecule has 0 bridgehead atoms. The van der Waals surface area contributed by atoms with E-state index in [4.69, 9.17) is 10.5 Å². The van der Waals surface area contributed by atoms with E-state index in [1.54, 1.807) is 0 Å². The predicted octanol–water partition coefficient (Wildman–Crippen LogP) is 2.10. The molecule has 1 rings (SSSR count). The first-order chi connectivity index (χ1) is 8.67. The Morgan fingerprint density at radius 2 is 2.11 bits per heavy atom. The van der Waals surface area contributed by atoms with Crippen LogP contribution in [-0.4, -0.2) is 33.8 Å².